The van der Waals surface area contributed by atoms with Crippen LogP contribution in [0.25, 0.3) is 0 Å². The standard InChI is InChI=1S/C10H17/c1-5-6-7-10(4)8-9(2)3/h6-8H,5H2,1-4H3/b7-6+. The second kappa shape index (κ2) is 5.28. The Morgan fingerprint density at radius 1 is 1.20 bits per heavy atom. The van der Waals surface area contributed by atoms with Crippen LogP contribution in [0.2, 0.25) is 0 Å². The summed E-state index contributed by atoms with van der Waals surface area (Å²) in [5.41, 5.74) is 1.36. The van der Waals surface area contributed by atoms with Gasteiger partial charge in [0.2, 0.25) is 0 Å². The van der Waals surface area contributed by atoms with Gasteiger partial charge in [0, 0.05) is 5.92 Å². The minimum Gasteiger partial charge on any atom is -0.0879 e. The molecular weight excluding hydrogens is 120 g/mol. The van der Waals surface area contributed by atoms with E-state index in [9.17, 15) is 0 Å². The van der Waals surface area contributed by atoms with E-state index in [2.05, 4.69) is 45.9 Å². The summed E-state index contributed by atoms with van der Waals surface area (Å²) in [6.45, 7) is 8.50. The van der Waals surface area contributed by atoms with Crippen LogP contribution >= 0.6 is 0 Å². The highest BCUT2D eigenvalue weighted by Gasteiger charge is 1.89. The zero-order chi connectivity index (χ0) is 7.98. The van der Waals surface area contributed by atoms with Crippen molar-refractivity contribution in [1.82, 2.24) is 0 Å². The van der Waals surface area contributed by atoms with Crippen molar-refractivity contribution in [2.24, 2.45) is 0 Å². The van der Waals surface area contributed by atoms with Crippen LogP contribution in [0.4, 0.5) is 0 Å². The molecule has 0 heteroatoms. The molecule has 0 saturated carbocycles. The molecule has 0 N–H and O–H groups in total. The van der Waals surface area contributed by atoms with Gasteiger partial charge in [-0.3, -0.25) is 0 Å². The normalized spacial score (nSPS) is 10.9. The Morgan fingerprint density at radius 3 is 2.20 bits per heavy atom. The van der Waals surface area contributed by atoms with Gasteiger partial charge in [0.05, 0.1) is 0 Å². The first-order valence-electron chi connectivity index (χ1n) is 3.81. The van der Waals surface area contributed by atoms with Crippen LogP contribution in [0.1, 0.15) is 34.1 Å². The van der Waals surface area contributed by atoms with Gasteiger partial charge in [-0.1, -0.05) is 37.6 Å². The van der Waals surface area contributed by atoms with Crippen molar-refractivity contribution in [2.75, 3.05) is 0 Å². The number of allylic oxidation sites excluding steroid dienone is 4. The van der Waals surface area contributed by atoms with Gasteiger partial charge in [0.1, 0.15) is 0 Å². The molecule has 0 aromatic heterocycles. The first-order valence-corrected chi connectivity index (χ1v) is 3.81. The third kappa shape index (κ3) is 5.61. The summed E-state index contributed by atoms with van der Waals surface area (Å²) < 4.78 is 0. The van der Waals surface area contributed by atoms with E-state index < -0.39 is 0 Å². The summed E-state index contributed by atoms with van der Waals surface area (Å²) in [5, 5.41) is 0. The maximum Gasteiger partial charge on any atom is 0.0158 e. The Bertz CT molecular complexity index is 125. The van der Waals surface area contributed by atoms with E-state index in [0.717, 1.165) is 6.42 Å². The first-order chi connectivity index (χ1) is 4.66. The Kier molecular flexibility index (Phi) is 5.00. The highest BCUT2D eigenvalue weighted by Crippen LogP contribution is 2.06. The highest BCUT2D eigenvalue weighted by atomic mass is 13.9. The first kappa shape index (κ1) is 9.48. The van der Waals surface area contributed by atoms with E-state index in [1.807, 2.05) is 0 Å². The molecule has 0 aromatic carbocycles. The average molecular weight is 137 g/mol. The van der Waals surface area contributed by atoms with E-state index in [1.165, 1.54) is 11.5 Å². The summed E-state index contributed by atoms with van der Waals surface area (Å²) in [6.07, 6.45) is 7.64. The third-order valence-corrected chi connectivity index (χ3v) is 1.13. The maximum atomic E-state index is 2.19. The van der Waals surface area contributed by atoms with Crippen molar-refractivity contribution in [3.63, 3.8) is 0 Å². The fourth-order valence-corrected chi connectivity index (χ4v) is 0.807. The molecule has 0 aliphatic rings. The number of hydrogen-bond donors (Lipinski definition) is 0. The van der Waals surface area contributed by atoms with Crippen molar-refractivity contribution >= 4 is 0 Å². The van der Waals surface area contributed by atoms with Crippen LogP contribution in [-0.4, -0.2) is 0 Å². The zero-order valence-electron chi connectivity index (χ0n) is 7.44. The van der Waals surface area contributed by atoms with Crippen molar-refractivity contribution < 1.29 is 0 Å². The van der Waals surface area contributed by atoms with E-state index >= 15 is 0 Å². The Hall–Kier alpha value is -0.520. The van der Waals surface area contributed by atoms with Gasteiger partial charge in [-0.15, -0.1) is 0 Å². The van der Waals surface area contributed by atoms with Crippen LogP contribution in [0.5, 0.6) is 0 Å². The second-order valence-corrected chi connectivity index (χ2v) is 2.78. The summed E-state index contributed by atoms with van der Waals surface area (Å²) >= 11 is 0. The second-order valence-electron chi connectivity index (χ2n) is 2.78. The van der Waals surface area contributed by atoms with Crippen molar-refractivity contribution in [2.45, 2.75) is 34.1 Å². The van der Waals surface area contributed by atoms with Crippen LogP contribution in [0, 0.1) is 5.92 Å². The van der Waals surface area contributed by atoms with Gasteiger partial charge in [-0.2, -0.15) is 0 Å². The Balaban J connectivity index is 3.74. The molecule has 0 heterocycles. The Labute approximate surface area is 64.6 Å². The minimum atomic E-state index is 1.12. The fraction of sp³-hybridized carbons (Fsp3) is 0.500. The molecule has 0 aliphatic heterocycles. The SMILES string of the molecule is CC/C=C/[C](C)C=C(C)C. The van der Waals surface area contributed by atoms with E-state index in [1.54, 1.807) is 0 Å². The molecule has 0 amide bonds. The molecule has 0 rings (SSSR count). The molecule has 1 radical (unpaired) electrons. The molecule has 0 aromatic rings. The number of hydrogen-bond acceptors (Lipinski definition) is 0. The largest absolute Gasteiger partial charge is 0.0879 e. The molecule has 0 atom stereocenters. The predicted octanol–water partition coefficient (Wildman–Crippen LogP) is 3.51. The highest BCUT2D eigenvalue weighted by molar-refractivity contribution is 5.22. The van der Waals surface area contributed by atoms with Gasteiger partial charge in [0.15, 0.2) is 0 Å². The van der Waals surface area contributed by atoms with E-state index in [-0.39, 0.29) is 0 Å². The van der Waals surface area contributed by atoms with Gasteiger partial charge in [0.25, 0.3) is 0 Å². The fourth-order valence-electron chi connectivity index (χ4n) is 0.807. The summed E-state index contributed by atoms with van der Waals surface area (Å²) in [7, 11) is 0. The molecule has 0 fully saturated rings. The van der Waals surface area contributed by atoms with Crippen LogP contribution in [0.3, 0.4) is 0 Å². The predicted molar refractivity (Wildman–Crippen MR) is 47.8 cm³/mol. The van der Waals surface area contributed by atoms with E-state index in [4.69, 9.17) is 0 Å². The van der Waals surface area contributed by atoms with E-state index in [0.29, 0.717) is 0 Å². The molecular formula is C10H17. The topological polar surface area (TPSA) is 0 Å². The molecule has 0 aliphatic carbocycles. The lowest BCUT2D eigenvalue weighted by atomic mass is 10.1. The van der Waals surface area contributed by atoms with Gasteiger partial charge in [-0.05, 0) is 20.3 Å². The average Bonchev–Trinajstić information content (AvgIpc) is 1.82. The zero-order valence-corrected chi connectivity index (χ0v) is 7.44. The Morgan fingerprint density at radius 2 is 1.80 bits per heavy atom. The van der Waals surface area contributed by atoms with Crippen molar-refractivity contribution in [1.29, 1.82) is 0 Å². The number of rotatable bonds is 3. The minimum absolute atomic E-state index is 1.12. The van der Waals surface area contributed by atoms with Crippen molar-refractivity contribution in [3.8, 4) is 0 Å². The quantitative estimate of drug-likeness (QED) is 0.558. The molecule has 0 unspecified atom stereocenters. The lowest BCUT2D eigenvalue weighted by Gasteiger charge is -1.96. The van der Waals surface area contributed by atoms with Crippen molar-refractivity contribution in [3.05, 3.63) is 29.7 Å². The molecule has 0 nitrogen and oxygen atoms in total. The monoisotopic (exact) mass is 137 g/mol. The molecule has 0 spiro atoms. The van der Waals surface area contributed by atoms with Crippen LogP contribution in [-0.2, 0) is 0 Å². The maximum absolute atomic E-state index is 2.19. The van der Waals surface area contributed by atoms with Gasteiger partial charge >= 0.3 is 0 Å². The summed E-state index contributed by atoms with van der Waals surface area (Å²) in [5.74, 6) is 1.34. The van der Waals surface area contributed by atoms with Gasteiger partial charge < -0.3 is 0 Å². The molecule has 0 saturated heterocycles. The lowest BCUT2D eigenvalue weighted by molar-refractivity contribution is 1.19. The van der Waals surface area contributed by atoms with Gasteiger partial charge in [-0.25, -0.2) is 0 Å². The lowest BCUT2D eigenvalue weighted by Crippen LogP contribution is -1.79. The molecule has 10 heavy (non-hydrogen) atoms. The third-order valence-electron chi connectivity index (χ3n) is 1.13. The molecule has 0 bridgehead atoms. The summed E-state index contributed by atoms with van der Waals surface area (Å²) in [4.78, 5) is 0. The smallest absolute Gasteiger partial charge is 0.0158 e. The van der Waals surface area contributed by atoms with Crippen LogP contribution < -0.4 is 0 Å². The molecule has 57 valence electrons. The van der Waals surface area contributed by atoms with Crippen LogP contribution in [0.15, 0.2) is 23.8 Å². The summed E-state index contributed by atoms with van der Waals surface area (Å²) in [6, 6.07) is 0.